The first-order chi connectivity index (χ1) is 13.0. The lowest BCUT2D eigenvalue weighted by Gasteiger charge is -2.36. The molecule has 3 rings (SSSR count). The fourth-order valence-electron chi connectivity index (χ4n) is 3.56. The van der Waals surface area contributed by atoms with Gasteiger partial charge in [0.15, 0.2) is 0 Å². The molecule has 0 spiro atoms. The number of nitrogens with one attached hydrogen (secondary N) is 1. The Balaban J connectivity index is 1.78. The van der Waals surface area contributed by atoms with Gasteiger partial charge in [-0.05, 0) is 29.0 Å². The normalized spacial score (nSPS) is 17.1. The van der Waals surface area contributed by atoms with Gasteiger partial charge in [-0.1, -0.05) is 30.3 Å². The van der Waals surface area contributed by atoms with Gasteiger partial charge in [0, 0.05) is 18.3 Å². The number of carboxylic acids is 1. The molecule has 0 saturated heterocycles. The fraction of sp³-hybridized carbons (Fsp3) is 0.350. The van der Waals surface area contributed by atoms with Crippen LogP contribution in [0.1, 0.15) is 47.9 Å². The molecule has 6 nitrogen and oxygen atoms in total. The van der Waals surface area contributed by atoms with E-state index in [0.717, 1.165) is 22.4 Å². The van der Waals surface area contributed by atoms with Gasteiger partial charge in [-0.15, -0.1) is 11.3 Å². The minimum atomic E-state index is -0.970. The van der Waals surface area contributed by atoms with E-state index in [1.165, 1.54) is 18.3 Å². The average Bonchev–Trinajstić information content (AvgIpc) is 3.15. The van der Waals surface area contributed by atoms with Crippen molar-refractivity contribution in [1.82, 2.24) is 10.2 Å². The molecular formula is C20H22N2O4S. The number of hydrogen-bond donors (Lipinski definition) is 2. The Kier molecular flexibility index (Phi) is 5.91. The number of rotatable bonds is 6. The molecule has 1 aliphatic rings. The van der Waals surface area contributed by atoms with Gasteiger partial charge >= 0.3 is 5.97 Å². The minimum absolute atomic E-state index is 0.0670. The SMILES string of the molecule is CC(=O)N1CCc2ccccc2[C@H]1CC(=O)N[C@@H](CC(=O)O)c1cccs1. The third-order valence-electron chi connectivity index (χ3n) is 4.80. The highest BCUT2D eigenvalue weighted by Crippen LogP contribution is 2.32. The van der Waals surface area contributed by atoms with Gasteiger partial charge < -0.3 is 15.3 Å². The predicted molar refractivity (Wildman–Crippen MR) is 102 cm³/mol. The van der Waals surface area contributed by atoms with Crippen LogP contribution in [0, 0.1) is 0 Å². The monoisotopic (exact) mass is 386 g/mol. The van der Waals surface area contributed by atoms with Crippen LogP contribution in [0.25, 0.3) is 0 Å². The summed E-state index contributed by atoms with van der Waals surface area (Å²) in [7, 11) is 0. The van der Waals surface area contributed by atoms with Crippen LogP contribution in [0.2, 0.25) is 0 Å². The molecule has 0 aliphatic carbocycles. The van der Waals surface area contributed by atoms with E-state index in [1.54, 1.807) is 4.90 Å². The number of amides is 2. The van der Waals surface area contributed by atoms with Crippen LogP contribution < -0.4 is 5.32 Å². The highest BCUT2D eigenvalue weighted by Gasteiger charge is 2.31. The summed E-state index contributed by atoms with van der Waals surface area (Å²) in [4.78, 5) is 38.5. The smallest absolute Gasteiger partial charge is 0.305 e. The Morgan fingerprint density at radius 1 is 1.26 bits per heavy atom. The molecular weight excluding hydrogens is 364 g/mol. The largest absolute Gasteiger partial charge is 0.481 e. The van der Waals surface area contributed by atoms with Crippen molar-refractivity contribution in [2.75, 3.05) is 6.54 Å². The fourth-order valence-corrected chi connectivity index (χ4v) is 4.34. The summed E-state index contributed by atoms with van der Waals surface area (Å²) >= 11 is 1.41. The van der Waals surface area contributed by atoms with E-state index in [1.807, 2.05) is 41.8 Å². The van der Waals surface area contributed by atoms with Crippen LogP contribution >= 0.6 is 11.3 Å². The summed E-state index contributed by atoms with van der Waals surface area (Å²) in [5, 5.41) is 13.9. The van der Waals surface area contributed by atoms with Crippen molar-refractivity contribution < 1.29 is 19.5 Å². The lowest BCUT2D eigenvalue weighted by atomic mass is 9.90. The Labute approximate surface area is 161 Å². The Morgan fingerprint density at radius 2 is 2.04 bits per heavy atom. The van der Waals surface area contributed by atoms with Crippen LogP contribution in [0.3, 0.4) is 0 Å². The second-order valence-corrected chi connectivity index (χ2v) is 7.59. The van der Waals surface area contributed by atoms with Crippen LogP contribution in [0.5, 0.6) is 0 Å². The quantitative estimate of drug-likeness (QED) is 0.799. The van der Waals surface area contributed by atoms with Crippen molar-refractivity contribution in [3.8, 4) is 0 Å². The van der Waals surface area contributed by atoms with Gasteiger partial charge in [-0.25, -0.2) is 0 Å². The average molecular weight is 386 g/mol. The highest BCUT2D eigenvalue weighted by atomic mass is 32.1. The molecule has 1 aromatic heterocycles. The number of carboxylic acid groups (broad SMARTS) is 1. The van der Waals surface area contributed by atoms with E-state index >= 15 is 0 Å². The van der Waals surface area contributed by atoms with E-state index < -0.39 is 12.0 Å². The zero-order valence-electron chi connectivity index (χ0n) is 15.1. The lowest BCUT2D eigenvalue weighted by Crippen LogP contribution is -2.41. The second-order valence-electron chi connectivity index (χ2n) is 6.61. The second kappa shape index (κ2) is 8.35. The van der Waals surface area contributed by atoms with Gasteiger partial charge in [-0.3, -0.25) is 14.4 Å². The van der Waals surface area contributed by atoms with Crippen molar-refractivity contribution in [2.45, 2.75) is 38.3 Å². The third-order valence-corrected chi connectivity index (χ3v) is 5.78. The number of benzene rings is 1. The topological polar surface area (TPSA) is 86.7 Å². The van der Waals surface area contributed by atoms with Crippen molar-refractivity contribution in [3.63, 3.8) is 0 Å². The van der Waals surface area contributed by atoms with Crippen molar-refractivity contribution in [3.05, 3.63) is 57.8 Å². The Morgan fingerprint density at radius 3 is 2.70 bits per heavy atom. The van der Waals surface area contributed by atoms with E-state index in [0.29, 0.717) is 6.54 Å². The summed E-state index contributed by atoms with van der Waals surface area (Å²) in [6.07, 6.45) is 0.701. The molecule has 2 amide bonds. The molecule has 0 bridgehead atoms. The predicted octanol–water partition coefficient (Wildman–Crippen LogP) is 2.92. The maximum absolute atomic E-state index is 12.7. The molecule has 1 aromatic carbocycles. The number of hydrogen-bond acceptors (Lipinski definition) is 4. The number of fused-ring (bicyclic) bond motifs is 1. The van der Waals surface area contributed by atoms with E-state index in [-0.39, 0.29) is 30.7 Å². The number of aliphatic carboxylic acids is 1. The minimum Gasteiger partial charge on any atom is -0.481 e. The maximum Gasteiger partial charge on any atom is 0.305 e. The van der Waals surface area contributed by atoms with Crippen molar-refractivity contribution in [2.24, 2.45) is 0 Å². The molecule has 27 heavy (non-hydrogen) atoms. The van der Waals surface area contributed by atoms with Crippen molar-refractivity contribution >= 4 is 29.1 Å². The first-order valence-corrected chi connectivity index (χ1v) is 9.73. The molecule has 2 heterocycles. The molecule has 2 atom stereocenters. The van der Waals surface area contributed by atoms with Crippen LogP contribution in [0.4, 0.5) is 0 Å². The van der Waals surface area contributed by atoms with Crippen molar-refractivity contribution in [1.29, 1.82) is 0 Å². The first-order valence-electron chi connectivity index (χ1n) is 8.85. The molecule has 0 saturated carbocycles. The number of nitrogens with zero attached hydrogens (tertiary/aromatic N) is 1. The van der Waals surface area contributed by atoms with Gasteiger partial charge in [0.2, 0.25) is 11.8 Å². The standard InChI is InChI=1S/C20H22N2O4S/c1-13(23)22-9-8-14-5-2-3-6-15(14)17(22)12-19(24)21-16(11-20(25)26)18-7-4-10-27-18/h2-7,10,16-17H,8-9,11-12H2,1H3,(H,21,24)(H,25,26)/t16-,17+/m0/s1. The molecule has 7 heteroatoms. The summed E-state index contributed by atoms with van der Waals surface area (Å²) in [5.41, 5.74) is 2.13. The summed E-state index contributed by atoms with van der Waals surface area (Å²) in [6.45, 7) is 2.09. The number of carbonyl (C=O) groups is 3. The zero-order valence-corrected chi connectivity index (χ0v) is 15.9. The lowest BCUT2D eigenvalue weighted by molar-refractivity contribution is -0.137. The first kappa shape index (κ1) is 19.1. The van der Waals surface area contributed by atoms with Gasteiger partial charge in [-0.2, -0.15) is 0 Å². The van der Waals surface area contributed by atoms with E-state index in [4.69, 9.17) is 5.11 Å². The number of carbonyl (C=O) groups excluding carboxylic acids is 2. The highest BCUT2D eigenvalue weighted by molar-refractivity contribution is 7.10. The molecule has 0 unspecified atom stereocenters. The van der Waals surface area contributed by atoms with E-state index in [9.17, 15) is 14.4 Å². The number of thiophene rings is 1. The molecule has 142 valence electrons. The van der Waals surface area contributed by atoms with Crippen LogP contribution in [-0.2, 0) is 20.8 Å². The molecule has 0 radical (unpaired) electrons. The maximum atomic E-state index is 12.7. The molecule has 0 fully saturated rings. The summed E-state index contributed by atoms with van der Waals surface area (Å²) < 4.78 is 0. The van der Waals surface area contributed by atoms with Crippen LogP contribution in [-0.4, -0.2) is 34.3 Å². The Bertz CT molecular complexity index is 834. The summed E-state index contributed by atoms with van der Waals surface area (Å²) in [5.74, 6) is -1.30. The van der Waals surface area contributed by atoms with Gasteiger partial charge in [0.25, 0.3) is 0 Å². The van der Waals surface area contributed by atoms with Crippen LogP contribution in [0.15, 0.2) is 41.8 Å². The molecule has 2 N–H and O–H groups in total. The molecule has 2 aromatic rings. The zero-order chi connectivity index (χ0) is 19.4. The third kappa shape index (κ3) is 4.54. The van der Waals surface area contributed by atoms with Gasteiger partial charge in [0.1, 0.15) is 0 Å². The Hall–Kier alpha value is -2.67. The molecule has 1 aliphatic heterocycles. The van der Waals surface area contributed by atoms with E-state index in [2.05, 4.69) is 5.32 Å². The van der Waals surface area contributed by atoms with Gasteiger partial charge in [0.05, 0.1) is 24.9 Å². The summed E-state index contributed by atoms with van der Waals surface area (Å²) in [6, 6.07) is 10.6.